The van der Waals surface area contributed by atoms with Crippen LogP contribution >= 0.6 is 11.3 Å². The lowest BCUT2D eigenvalue weighted by molar-refractivity contribution is 0.163. The molecule has 0 spiro atoms. The largest absolute Gasteiger partial charge is 0.290 e. The van der Waals surface area contributed by atoms with E-state index in [1.54, 1.807) is 11.3 Å². The van der Waals surface area contributed by atoms with E-state index in [4.69, 9.17) is 0 Å². The van der Waals surface area contributed by atoms with E-state index in [2.05, 4.69) is 33.1 Å². The minimum Gasteiger partial charge on any atom is -0.290 e. The average Bonchev–Trinajstić information content (AvgIpc) is 3.07. The second-order valence-corrected chi connectivity index (χ2v) is 8.91. The van der Waals surface area contributed by atoms with Crippen molar-refractivity contribution in [3.05, 3.63) is 39.8 Å². The molecule has 3 rings (SSSR count). The monoisotopic (exact) mass is 354 g/mol. The van der Waals surface area contributed by atoms with Crippen molar-refractivity contribution in [3.63, 3.8) is 0 Å². The zero-order valence-electron chi connectivity index (χ0n) is 13.4. The Bertz CT molecular complexity index is 766. The first-order valence-corrected chi connectivity index (χ1v) is 10.4. The van der Waals surface area contributed by atoms with Crippen LogP contribution in [0.4, 0.5) is 0 Å². The van der Waals surface area contributed by atoms with Gasteiger partial charge in [-0.15, -0.1) is 11.3 Å². The summed E-state index contributed by atoms with van der Waals surface area (Å²) in [5.74, 6) is 0. The second kappa shape index (κ2) is 6.72. The molecule has 6 nitrogen and oxygen atoms in total. The zero-order valence-corrected chi connectivity index (χ0v) is 15.0. The molecule has 2 aromatic heterocycles. The first kappa shape index (κ1) is 16.6. The van der Waals surface area contributed by atoms with Gasteiger partial charge in [-0.2, -0.15) is 5.10 Å². The summed E-state index contributed by atoms with van der Waals surface area (Å²) in [4.78, 5) is 3.81. The van der Waals surface area contributed by atoms with Gasteiger partial charge < -0.3 is 0 Å². The van der Waals surface area contributed by atoms with Crippen LogP contribution in [0.2, 0.25) is 0 Å². The quantitative estimate of drug-likeness (QED) is 0.858. The van der Waals surface area contributed by atoms with Gasteiger partial charge in [-0.1, -0.05) is 0 Å². The Morgan fingerprint density at radius 1 is 1.43 bits per heavy atom. The van der Waals surface area contributed by atoms with Crippen LogP contribution in [0.5, 0.6) is 0 Å². The number of thiophene rings is 1. The maximum atomic E-state index is 11.2. The van der Waals surface area contributed by atoms with E-state index in [1.165, 1.54) is 22.4 Å². The van der Waals surface area contributed by atoms with Gasteiger partial charge in [-0.3, -0.25) is 9.58 Å². The number of nitrogens with one attached hydrogen (secondary N) is 1. The third-order valence-corrected chi connectivity index (χ3v) is 5.87. The number of aromatic nitrogens is 2. The molecule has 0 bridgehead atoms. The number of hydrogen-bond donors (Lipinski definition) is 1. The molecule has 126 valence electrons. The summed E-state index contributed by atoms with van der Waals surface area (Å²) in [5, 5.41) is 6.55. The molecule has 23 heavy (non-hydrogen) atoms. The van der Waals surface area contributed by atoms with Crippen LogP contribution < -0.4 is 4.72 Å². The van der Waals surface area contributed by atoms with Crippen LogP contribution in [0.25, 0.3) is 0 Å². The first-order valence-electron chi connectivity index (χ1n) is 7.65. The minimum absolute atomic E-state index is 0.197. The SMILES string of the molecule is Cc1ccsc1CN1Cc2ccnn2[C@@H](CCNS(C)(=O)=O)C1. The van der Waals surface area contributed by atoms with Crippen molar-refractivity contribution in [2.75, 3.05) is 19.3 Å². The number of sulfonamides is 1. The van der Waals surface area contributed by atoms with Crippen LogP contribution in [-0.4, -0.2) is 42.4 Å². The molecular formula is C15H22N4O2S2. The molecule has 0 aromatic carbocycles. The highest BCUT2D eigenvalue weighted by molar-refractivity contribution is 7.88. The van der Waals surface area contributed by atoms with Crippen molar-refractivity contribution in [2.45, 2.75) is 32.5 Å². The molecule has 0 aliphatic carbocycles. The number of hydrogen-bond acceptors (Lipinski definition) is 5. The summed E-state index contributed by atoms with van der Waals surface area (Å²) < 4.78 is 27.1. The van der Waals surface area contributed by atoms with Gasteiger partial charge >= 0.3 is 0 Å². The van der Waals surface area contributed by atoms with Crippen LogP contribution in [0.1, 0.15) is 28.6 Å². The predicted molar refractivity (Wildman–Crippen MR) is 91.9 cm³/mol. The zero-order chi connectivity index (χ0) is 16.4. The number of rotatable bonds is 6. The van der Waals surface area contributed by atoms with Gasteiger partial charge in [0.2, 0.25) is 10.0 Å². The molecule has 0 fully saturated rings. The third kappa shape index (κ3) is 4.20. The Morgan fingerprint density at radius 2 is 2.26 bits per heavy atom. The lowest BCUT2D eigenvalue weighted by atomic mass is 10.1. The molecule has 1 atom stereocenters. The van der Waals surface area contributed by atoms with Crippen molar-refractivity contribution in [1.82, 2.24) is 19.4 Å². The highest BCUT2D eigenvalue weighted by Gasteiger charge is 2.26. The number of aryl methyl sites for hydroxylation is 1. The van der Waals surface area contributed by atoms with Crippen LogP contribution in [0.3, 0.4) is 0 Å². The van der Waals surface area contributed by atoms with Gasteiger partial charge in [0, 0.05) is 37.3 Å². The van der Waals surface area contributed by atoms with Crippen LogP contribution in [0.15, 0.2) is 23.7 Å². The van der Waals surface area contributed by atoms with Crippen molar-refractivity contribution < 1.29 is 8.42 Å². The molecule has 1 N–H and O–H groups in total. The fraction of sp³-hybridized carbons (Fsp3) is 0.533. The molecular weight excluding hydrogens is 332 g/mol. The molecule has 3 heterocycles. The fourth-order valence-corrected chi connectivity index (χ4v) is 4.41. The van der Waals surface area contributed by atoms with Gasteiger partial charge in [0.15, 0.2) is 0 Å². The Kier molecular flexibility index (Phi) is 4.86. The first-order chi connectivity index (χ1) is 10.9. The maximum absolute atomic E-state index is 11.2. The highest BCUT2D eigenvalue weighted by atomic mass is 32.2. The molecule has 0 saturated heterocycles. The molecule has 0 saturated carbocycles. The lowest BCUT2D eigenvalue weighted by Crippen LogP contribution is -2.38. The molecule has 8 heteroatoms. The average molecular weight is 355 g/mol. The van der Waals surface area contributed by atoms with Gasteiger partial charge in [0.05, 0.1) is 18.0 Å². The number of fused-ring (bicyclic) bond motifs is 1. The molecule has 0 amide bonds. The van der Waals surface area contributed by atoms with Crippen LogP contribution in [0, 0.1) is 6.92 Å². The van der Waals surface area contributed by atoms with E-state index in [9.17, 15) is 8.42 Å². The summed E-state index contributed by atoms with van der Waals surface area (Å²) in [6, 6.07) is 4.40. The Labute approximate surface area is 141 Å². The van der Waals surface area contributed by atoms with Crippen LogP contribution in [-0.2, 0) is 23.1 Å². The van der Waals surface area contributed by atoms with E-state index >= 15 is 0 Å². The third-order valence-electron chi connectivity index (χ3n) is 4.13. The van der Waals surface area contributed by atoms with E-state index < -0.39 is 10.0 Å². The minimum atomic E-state index is -3.14. The summed E-state index contributed by atoms with van der Waals surface area (Å²) in [6.45, 7) is 5.29. The summed E-state index contributed by atoms with van der Waals surface area (Å²) in [7, 11) is -3.14. The van der Waals surface area contributed by atoms with Gasteiger partial charge in [0.1, 0.15) is 0 Å². The van der Waals surface area contributed by atoms with E-state index in [-0.39, 0.29) is 6.04 Å². The Hall–Kier alpha value is -1.22. The summed E-state index contributed by atoms with van der Waals surface area (Å²) in [6.07, 6.45) is 3.76. The normalized spacial score (nSPS) is 19.0. The lowest BCUT2D eigenvalue weighted by Gasteiger charge is -2.34. The Balaban J connectivity index is 1.68. The second-order valence-electron chi connectivity index (χ2n) is 6.07. The van der Waals surface area contributed by atoms with Crippen molar-refractivity contribution in [3.8, 4) is 0 Å². The number of nitrogens with zero attached hydrogens (tertiary/aromatic N) is 3. The van der Waals surface area contributed by atoms with Gasteiger partial charge in [-0.05, 0) is 36.4 Å². The van der Waals surface area contributed by atoms with E-state index in [0.717, 1.165) is 26.1 Å². The molecule has 1 aliphatic rings. The van der Waals surface area contributed by atoms with Crippen molar-refractivity contribution in [1.29, 1.82) is 0 Å². The van der Waals surface area contributed by atoms with Gasteiger partial charge in [0.25, 0.3) is 0 Å². The topological polar surface area (TPSA) is 67.2 Å². The Morgan fingerprint density at radius 3 is 2.96 bits per heavy atom. The standard InChI is InChI=1S/C15H22N4O2S2/c1-12-5-8-22-15(12)11-18-9-13-3-6-16-19(13)14(10-18)4-7-17-23(2,20)21/h3,5-6,8,14,17H,4,7,9-11H2,1-2H3/t14-/m0/s1. The van der Waals surface area contributed by atoms with Crippen molar-refractivity contribution in [2.24, 2.45) is 0 Å². The molecule has 0 unspecified atom stereocenters. The predicted octanol–water partition coefficient (Wildman–Crippen LogP) is 1.75. The molecule has 0 radical (unpaired) electrons. The van der Waals surface area contributed by atoms with Crippen molar-refractivity contribution >= 4 is 21.4 Å². The van der Waals surface area contributed by atoms with E-state index in [1.807, 2.05) is 16.9 Å². The summed E-state index contributed by atoms with van der Waals surface area (Å²) in [5.41, 5.74) is 2.53. The smallest absolute Gasteiger partial charge is 0.208 e. The van der Waals surface area contributed by atoms with E-state index in [0.29, 0.717) is 6.54 Å². The fourth-order valence-electron chi connectivity index (χ4n) is 2.98. The van der Waals surface area contributed by atoms with Gasteiger partial charge in [-0.25, -0.2) is 13.1 Å². The molecule has 2 aromatic rings. The summed E-state index contributed by atoms with van der Waals surface area (Å²) >= 11 is 1.79. The highest BCUT2D eigenvalue weighted by Crippen LogP contribution is 2.26. The maximum Gasteiger partial charge on any atom is 0.208 e. The molecule has 1 aliphatic heterocycles.